The Labute approximate surface area is 473 Å². The van der Waals surface area contributed by atoms with Crippen molar-refractivity contribution in [3.63, 3.8) is 0 Å². The molecule has 0 fully saturated rings. The monoisotopic (exact) mass is 1060 g/mol. The number of allylic oxidation sites excluding steroid dienone is 8. The lowest BCUT2D eigenvalue weighted by molar-refractivity contribution is -0.167. The molecule has 6 nitrogen and oxygen atoms in total. The zero-order valence-electron chi connectivity index (χ0n) is 51.0. The minimum Gasteiger partial charge on any atom is -0.462 e. The van der Waals surface area contributed by atoms with Crippen LogP contribution in [0.4, 0.5) is 0 Å². The van der Waals surface area contributed by atoms with E-state index in [2.05, 4.69) is 69.4 Å². The second-order valence-corrected chi connectivity index (χ2v) is 22.7. The van der Waals surface area contributed by atoms with Crippen LogP contribution in [0.1, 0.15) is 361 Å². The Balaban J connectivity index is 4.00. The molecule has 0 saturated heterocycles. The Kier molecular flexibility index (Phi) is 62.6. The first kappa shape index (κ1) is 73.4. The summed E-state index contributed by atoms with van der Waals surface area (Å²) in [6.07, 6.45) is 81.7. The largest absolute Gasteiger partial charge is 0.462 e. The summed E-state index contributed by atoms with van der Waals surface area (Å²) in [5.41, 5.74) is 0. The molecule has 6 heteroatoms. The Morgan fingerprint density at radius 2 is 0.513 bits per heavy atom. The molecule has 0 bridgehead atoms. The van der Waals surface area contributed by atoms with E-state index in [4.69, 9.17) is 14.2 Å². The van der Waals surface area contributed by atoms with Crippen LogP contribution in [0.15, 0.2) is 48.6 Å². The fourth-order valence-corrected chi connectivity index (χ4v) is 10.0. The molecule has 444 valence electrons. The Morgan fingerprint density at radius 3 is 0.816 bits per heavy atom. The fraction of sp³-hybridized carbons (Fsp3) is 0.843. The van der Waals surface area contributed by atoms with E-state index < -0.39 is 6.10 Å². The number of carbonyl (C=O) groups is 3. The third-order valence-electron chi connectivity index (χ3n) is 15.1. The van der Waals surface area contributed by atoms with E-state index in [1.165, 1.54) is 238 Å². The number of hydrogen-bond acceptors (Lipinski definition) is 6. The highest BCUT2D eigenvalue weighted by Gasteiger charge is 2.19. The molecule has 0 heterocycles. The van der Waals surface area contributed by atoms with E-state index in [0.29, 0.717) is 19.3 Å². The second-order valence-electron chi connectivity index (χ2n) is 22.7. The maximum absolute atomic E-state index is 12.8. The van der Waals surface area contributed by atoms with E-state index in [1.54, 1.807) is 0 Å². The van der Waals surface area contributed by atoms with Crippen molar-refractivity contribution in [1.82, 2.24) is 0 Å². The quantitative estimate of drug-likeness (QED) is 0.0261. The Morgan fingerprint density at radius 1 is 0.276 bits per heavy atom. The first-order chi connectivity index (χ1) is 37.5. The highest BCUT2D eigenvalue weighted by atomic mass is 16.6. The second kappa shape index (κ2) is 64.9. The van der Waals surface area contributed by atoms with Crippen LogP contribution < -0.4 is 0 Å². The lowest BCUT2D eigenvalue weighted by atomic mass is 10.0. The van der Waals surface area contributed by atoms with E-state index in [-0.39, 0.29) is 31.1 Å². The summed E-state index contributed by atoms with van der Waals surface area (Å²) in [6.45, 7) is 6.54. The topological polar surface area (TPSA) is 78.9 Å². The average Bonchev–Trinajstić information content (AvgIpc) is 3.42. The zero-order chi connectivity index (χ0) is 55.0. The summed E-state index contributed by atoms with van der Waals surface area (Å²) in [6, 6.07) is 0. The molecule has 0 spiro atoms. The molecule has 0 rings (SSSR count). The molecule has 1 atom stereocenters. The molecular weight excluding hydrogens is 937 g/mol. The standard InChI is InChI=1S/C70H128O6/c1-4-7-10-13-16-19-21-23-25-27-28-29-30-31-32-33-34-35-36-37-38-39-40-41-42-44-45-47-49-51-54-57-60-63-69(72)75-66-67(65-74-68(71)62-59-56-53-18-15-12-9-6-3)76-70(73)64-61-58-55-52-50-48-46-43-26-24-22-20-17-14-11-8-5-2/h8,11,17,20,24,26-28,67H,4-7,9-10,12-16,18-19,21-23,25,29-66H2,1-3H3/b11-8-,20-17-,26-24-,28-27-. The highest BCUT2D eigenvalue weighted by Crippen LogP contribution is 2.18. The molecule has 0 N–H and O–H groups in total. The zero-order valence-corrected chi connectivity index (χ0v) is 51.0. The summed E-state index contributed by atoms with van der Waals surface area (Å²) in [5.74, 6) is -0.868. The van der Waals surface area contributed by atoms with Crippen molar-refractivity contribution in [2.24, 2.45) is 0 Å². The van der Waals surface area contributed by atoms with E-state index in [0.717, 1.165) is 83.5 Å². The lowest BCUT2D eigenvalue weighted by Crippen LogP contribution is -2.30. The summed E-state index contributed by atoms with van der Waals surface area (Å²) in [4.78, 5) is 38.1. The predicted molar refractivity (Wildman–Crippen MR) is 330 cm³/mol. The molecule has 0 aliphatic heterocycles. The van der Waals surface area contributed by atoms with Crippen LogP contribution in [0.3, 0.4) is 0 Å². The van der Waals surface area contributed by atoms with Crippen LogP contribution >= 0.6 is 0 Å². The predicted octanol–water partition coefficient (Wildman–Crippen LogP) is 22.9. The van der Waals surface area contributed by atoms with Gasteiger partial charge in [-0.25, -0.2) is 0 Å². The minimum atomic E-state index is -0.774. The van der Waals surface area contributed by atoms with Gasteiger partial charge in [0.05, 0.1) is 0 Å². The molecule has 0 aliphatic carbocycles. The summed E-state index contributed by atoms with van der Waals surface area (Å²) >= 11 is 0. The first-order valence-electron chi connectivity index (χ1n) is 33.6. The summed E-state index contributed by atoms with van der Waals surface area (Å²) in [7, 11) is 0. The van der Waals surface area contributed by atoms with Gasteiger partial charge in [-0.05, 0) is 77.0 Å². The van der Waals surface area contributed by atoms with Crippen LogP contribution in [0, 0.1) is 0 Å². The van der Waals surface area contributed by atoms with Crippen LogP contribution in [-0.4, -0.2) is 37.2 Å². The van der Waals surface area contributed by atoms with Crippen molar-refractivity contribution in [1.29, 1.82) is 0 Å². The molecule has 0 amide bonds. The number of unbranched alkanes of at least 4 members (excludes halogenated alkanes) is 43. The van der Waals surface area contributed by atoms with Crippen molar-refractivity contribution >= 4 is 17.9 Å². The Hall–Kier alpha value is -2.63. The minimum absolute atomic E-state index is 0.0730. The van der Waals surface area contributed by atoms with Crippen LogP contribution in [0.2, 0.25) is 0 Å². The smallest absolute Gasteiger partial charge is 0.306 e. The SMILES string of the molecule is CC/C=C\C/C=C\C/C=C\CCCCCCCCCC(=O)OC(COC(=O)CCCCCCCCCC)COC(=O)CCCCCCCCCCCCCCCCCCCCCCC/C=C\CCCCCCCCCC. The molecule has 76 heavy (non-hydrogen) atoms. The maximum atomic E-state index is 12.8. The maximum Gasteiger partial charge on any atom is 0.306 e. The number of hydrogen-bond donors (Lipinski definition) is 0. The van der Waals surface area contributed by atoms with Crippen molar-refractivity contribution in [2.75, 3.05) is 13.2 Å². The van der Waals surface area contributed by atoms with E-state index in [1.807, 2.05) is 0 Å². The van der Waals surface area contributed by atoms with Gasteiger partial charge in [-0.2, -0.15) is 0 Å². The van der Waals surface area contributed by atoms with Gasteiger partial charge >= 0.3 is 17.9 Å². The molecule has 0 aromatic rings. The molecular formula is C70H128O6. The molecule has 0 saturated carbocycles. The number of carbonyl (C=O) groups excluding carboxylic acids is 3. The number of rotatable bonds is 62. The van der Waals surface area contributed by atoms with Crippen molar-refractivity contribution in [2.45, 2.75) is 367 Å². The van der Waals surface area contributed by atoms with Crippen molar-refractivity contribution in [3.8, 4) is 0 Å². The van der Waals surface area contributed by atoms with E-state index in [9.17, 15) is 14.4 Å². The van der Waals surface area contributed by atoms with Gasteiger partial charge in [0.25, 0.3) is 0 Å². The van der Waals surface area contributed by atoms with Gasteiger partial charge in [-0.3, -0.25) is 14.4 Å². The van der Waals surface area contributed by atoms with Crippen LogP contribution in [0.25, 0.3) is 0 Å². The van der Waals surface area contributed by atoms with Crippen LogP contribution in [-0.2, 0) is 28.6 Å². The fourth-order valence-electron chi connectivity index (χ4n) is 10.0. The highest BCUT2D eigenvalue weighted by molar-refractivity contribution is 5.71. The van der Waals surface area contributed by atoms with Crippen LogP contribution in [0.5, 0.6) is 0 Å². The van der Waals surface area contributed by atoms with Gasteiger partial charge in [0, 0.05) is 19.3 Å². The Bertz CT molecular complexity index is 1310. The first-order valence-corrected chi connectivity index (χ1v) is 33.6. The molecule has 0 radical (unpaired) electrons. The van der Waals surface area contributed by atoms with Gasteiger partial charge in [0.2, 0.25) is 0 Å². The van der Waals surface area contributed by atoms with Gasteiger partial charge in [-0.1, -0.05) is 313 Å². The third-order valence-corrected chi connectivity index (χ3v) is 15.1. The average molecular weight is 1070 g/mol. The van der Waals surface area contributed by atoms with Gasteiger partial charge in [0.15, 0.2) is 6.10 Å². The molecule has 1 unspecified atom stereocenters. The summed E-state index contributed by atoms with van der Waals surface area (Å²) in [5, 5.41) is 0. The number of esters is 3. The summed E-state index contributed by atoms with van der Waals surface area (Å²) < 4.78 is 16.9. The molecule has 0 aliphatic rings. The third kappa shape index (κ3) is 62.2. The van der Waals surface area contributed by atoms with Crippen molar-refractivity contribution < 1.29 is 28.6 Å². The lowest BCUT2D eigenvalue weighted by Gasteiger charge is -2.18. The molecule has 0 aromatic heterocycles. The van der Waals surface area contributed by atoms with Gasteiger partial charge < -0.3 is 14.2 Å². The van der Waals surface area contributed by atoms with E-state index >= 15 is 0 Å². The molecule has 0 aromatic carbocycles. The van der Waals surface area contributed by atoms with Gasteiger partial charge in [-0.15, -0.1) is 0 Å². The van der Waals surface area contributed by atoms with Crippen molar-refractivity contribution in [3.05, 3.63) is 48.6 Å². The van der Waals surface area contributed by atoms with Gasteiger partial charge in [0.1, 0.15) is 13.2 Å². The normalized spacial score (nSPS) is 12.3. The number of ether oxygens (including phenoxy) is 3.